The van der Waals surface area contributed by atoms with Crippen LogP contribution >= 0.6 is 11.3 Å². The second-order valence-corrected chi connectivity index (χ2v) is 4.19. The van der Waals surface area contributed by atoms with Crippen LogP contribution in [0.4, 0.5) is 0 Å². The zero-order valence-corrected chi connectivity index (χ0v) is 9.34. The molecular weight excluding hydrogens is 244 g/mol. The third-order valence-electron chi connectivity index (χ3n) is 2.13. The molecule has 0 radical (unpaired) electrons. The summed E-state index contributed by atoms with van der Waals surface area (Å²) in [4.78, 5) is 36.5. The lowest BCUT2D eigenvalue weighted by atomic mass is 10.2. The number of aliphatic carboxylic acids is 1. The number of amides is 1. The summed E-state index contributed by atoms with van der Waals surface area (Å²) in [6.45, 7) is -0.513. The third-order valence-corrected chi connectivity index (χ3v) is 3.05. The van der Waals surface area contributed by atoms with Crippen LogP contribution in [0.3, 0.4) is 0 Å². The fourth-order valence-corrected chi connectivity index (χ4v) is 2.17. The minimum atomic E-state index is -1.16. The number of carbonyl (C=O) groups excluding carboxylic acids is 1. The number of aromatic amines is 1. The number of nitrogens with one attached hydrogen (secondary N) is 2. The molecule has 0 saturated heterocycles. The highest BCUT2D eigenvalue weighted by molar-refractivity contribution is 7.17. The number of fused-ring (bicyclic) bond motifs is 1. The second kappa shape index (κ2) is 4.38. The van der Waals surface area contributed by atoms with E-state index < -0.39 is 23.9 Å². The predicted octanol–water partition coefficient (Wildman–Crippen LogP) is 0.404. The van der Waals surface area contributed by atoms with Crippen LogP contribution in [0, 0.1) is 0 Å². The molecule has 0 aliphatic rings. The standard InChI is InChI=1S/C10H8N2O4S/c13-7(14)4-12-10(16)5-3-11-6-1-2-17-9(6)8(5)15/h1-3H,4H2,(H,11,15)(H,12,16)(H,13,14). The summed E-state index contributed by atoms with van der Waals surface area (Å²) in [5.41, 5.74) is 0.188. The molecule has 6 nitrogen and oxygen atoms in total. The number of hydrogen-bond acceptors (Lipinski definition) is 4. The molecule has 0 atom stereocenters. The number of aromatic nitrogens is 1. The molecule has 0 fully saturated rings. The smallest absolute Gasteiger partial charge is 0.322 e. The van der Waals surface area contributed by atoms with Gasteiger partial charge in [0.05, 0.1) is 10.2 Å². The topological polar surface area (TPSA) is 99.3 Å². The van der Waals surface area contributed by atoms with Crippen LogP contribution in [0.2, 0.25) is 0 Å². The van der Waals surface area contributed by atoms with Crippen LogP contribution in [0.5, 0.6) is 0 Å². The summed E-state index contributed by atoms with van der Waals surface area (Å²) < 4.78 is 0.452. The van der Waals surface area contributed by atoms with Gasteiger partial charge in [-0.2, -0.15) is 0 Å². The zero-order chi connectivity index (χ0) is 12.4. The minimum absolute atomic E-state index is 0.0822. The van der Waals surface area contributed by atoms with Gasteiger partial charge in [0.1, 0.15) is 12.1 Å². The molecule has 17 heavy (non-hydrogen) atoms. The Kier molecular flexibility index (Phi) is 2.92. The van der Waals surface area contributed by atoms with Crippen LogP contribution in [-0.4, -0.2) is 28.5 Å². The lowest BCUT2D eigenvalue weighted by Gasteiger charge is -2.01. The molecule has 0 saturated carbocycles. The van der Waals surface area contributed by atoms with E-state index >= 15 is 0 Å². The molecule has 2 rings (SSSR count). The van der Waals surface area contributed by atoms with Gasteiger partial charge in [-0.05, 0) is 11.4 Å². The minimum Gasteiger partial charge on any atom is -0.480 e. The Labute approximate surface area is 98.9 Å². The van der Waals surface area contributed by atoms with Crippen LogP contribution in [-0.2, 0) is 4.79 Å². The Bertz CT molecular complexity index is 643. The predicted molar refractivity (Wildman–Crippen MR) is 62.4 cm³/mol. The molecule has 0 aliphatic carbocycles. The van der Waals surface area contributed by atoms with Gasteiger partial charge in [0.2, 0.25) is 5.43 Å². The van der Waals surface area contributed by atoms with Crippen molar-refractivity contribution >= 4 is 33.4 Å². The quantitative estimate of drug-likeness (QED) is 0.736. The Morgan fingerprint density at radius 1 is 1.47 bits per heavy atom. The van der Waals surface area contributed by atoms with E-state index in [-0.39, 0.29) is 5.56 Å². The number of hydrogen-bond donors (Lipinski definition) is 3. The normalized spacial score (nSPS) is 10.4. The molecule has 2 aromatic rings. The highest BCUT2D eigenvalue weighted by Crippen LogP contribution is 2.14. The molecule has 1 amide bonds. The van der Waals surface area contributed by atoms with E-state index in [1.54, 1.807) is 11.4 Å². The number of carboxylic acid groups (broad SMARTS) is 1. The number of rotatable bonds is 3. The van der Waals surface area contributed by atoms with Crippen molar-refractivity contribution in [1.82, 2.24) is 10.3 Å². The van der Waals surface area contributed by atoms with Crippen molar-refractivity contribution in [1.29, 1.82) is 0 Å². The maximum atomic E-state index is 11.9. The largest absolute Gasteiger partial charge is 0.480 e. The van der Waals surface area contributed by atoms with E-state index in [4.69, 9.17) is 5.11 Å². The average Bonchev–Trinajstić information content (AvgIpc) is 2.75. The maximum Gasteiger partial charge on any atom is 0.322 e. The van der Waals surface area contributed by atoms with Crippen molar-refractivity contribution < 1.29 is 14.7 Å². The zero-order valence-electron chi connectivity index (χ0n) is 8.52. The molecule has 0 unspecified atom stereocenters. The second-order valence-electron chi connectivity index (χ2n) is 3.27. The molecule has 2 aromatic heterocycles. The summed E-state index contributed by atoms with van der Waals surface area (Å²) in [6.07, 6.45) is 1.29. The van der Waals surface area contributed by atoms with Crippen molar-refractivity contribution in [3.05, 3.63) is 33.4 Å². The highest BCUT2D eigenvalue weighted by Gasteiger charge is 2.13. The van der Waals surface area contributed by atoms with Gasteiger partial charge >= 0.3 is 5.97 Å². The molecule has 7 heteroatoms. The molecule has 3 N–H and O–H groups in total. The monoisotopic (exact) mass is 252 g/mol. The van der Waals surface area contributed by atoms with Gasteiger partial charge in [-0.15, -0.1) is 11.3 Å². The molecule has 0 aromatic carbocycles. The van der Waals surface area contributed by atoms with E-state index in [1.165, 1.54) is 17.5 Å². The van der Waals surface area contributed by atoms with Crippen LogP contribution < -0.4 is 10.7 Å². The van der Waals surface area contributed by atoms with E-state index in [9.17, 15) is 14.4 Å². The molecule has 0 bridgehead atoms. The van der Waals surface area contributed by atoms with E-state index in [0.717, 1.165) is 0 Å². The molecule has 0 spiro atoms. The summed E-state index contributed by atoms with van der Waals surface area (Å²) in [5, 5.41) is 12.3. The fourth-order valence-electron chi connectivity index (χ4n) is 1.36. The van der Waals surface area contributed by atoms with E-state index in [0.29, 0.717) is 10.2 Å². The molecule has 88 valence electrons. The first-order valence-electron chi connectivity index (χ1n) is 4.68. The van der Waals surface area contributed by atoms with E-state index in [1.807, 2.05) is 0 Å². The van der Waals surface area contributed by atoms with Crippen molar-refractivity contribution in [2.75, 3.05) is 6.54 Å². The van der Waals surface area contributed by atoms with Crippen molar-refractivity contribution in [3.8, 4) is 0 Å². The Hall–Kier alpha value is -2.15. The van der Waals surface area contributed by atoms with Crippen molar-refractivity contribution in [3.63, 3.8) is 0 Å². The number of carboxylic acids is 1. The lowest BCUT2D eigenvalue weighted by Crippen LogP contribution is -2.32. The summed E-state index contributed by atoms with van der Waals surface area (Å²) >= 11 is 1.23. The highest BCUT2D eigenvalue weighted by atomic mass is 32.1. The Morgan fingerprint density at radius 3 is 2.94 bits per heavy atom. The fraction of sp³-hybridized carbons (Fsp3) is 0.100. The first kappa shape index (κ1) is 11.3. The summed E-state index contributed by atoms with van der Waals surface area (Å²) in [5.74, 6) is -1.85. The van der Waals surface area contributed by atoms with E-state index in [2.05, 4.69) is 10.3 Å². The average molecular weight is 252 g/mol. The number of carbonyl (C=O) groups is 2. The van der Waals surface area contributed by atoms with Gasteiger partial charge in [0.25, 0.3) is 5.91 Å². The van der Waals surface area contributed by atoms with Gasteiger partial charge in [-0.3, -0.25) is 14.4 Å². The van der Waals surface area contributed by atoms with Gasteiger partial charge in [0.15, 0.2) is 0 Å². The van der Waals surface area contributed by atoms with Crippen molar-refractivity contribution in [2.45, 2.75) is 0 Å². The maximum absolute atomic E-state index is 11.9. The third kappa shape index (κ3) is 2.18. The first-order chi connectivity index (χ1) is 8.09. The number of thiophene rings is 1. The Morgan fingerprint density at radius 2 is 2.24 bits per heavy atom. The Balaban J connectivity index is 2.35. The lowest BCUT2D eigenvalue weighted by molar-refractivity contribution is -0.135. The SMILES string of the molecule is O=C(O)CNC(=O)c1c[nH]c2ccsc2c1=O. The molecule has 0 aliphatic heterocycles. The van der Waals surface area contributed by atoms with Gasteiger partial charge in [0, 0.05) is 6.20 Å². The number of pyridine rings is 1. The summed E-state index contributed by atoms with van der Waals surface area (Å²) in [7, 11) is 0. The van der Waals surface area contributed by atoms with Gasteiger partial charge < -0.3 is 15.4 Å². The van der Waals surface area contributed by atoms with Crippen LogP contribution in [0.1, 0.15) is 10.4 Å². The van der Waals surface area contributed by atoms with Crippen LogP contribution in [0.15, 0.2) is 22.4 Å². The number of H-pyrrole nitrogens is 1. The first-order valence-corrected chi connectivity index (χ1v) is 5.56. The molecule has 2 heterocycles. The van der Waals surface area contributed by atoms with Crippen LogP contribution in [0.25, 0.3) is 10.2 Å². The molecular formula is C10H8N2O4S. The summed E-state index contributed by atoms with van der Waals surface area (Å²) in [6, 6.07) is 1.74. The van der Waals surface area contributed by atoms with Gasteiger partial charge in [-0.25, -0.2) is 0 Å². The van der Waals surface area contributed by atoms with Gasteiger partial charge in [-0.1, -0.05) is 0 Å². The van der Waals surface area contributed by atoms with Crippen molar-refractivity contribution in [2.24, 2.45) is 0 Å².